The van der Waals surface area contributed by atoms with Crippen LogP contribution in [0.3, 0.4) is 0 Å². The van der Waals surface area contributed by atoms with Crippen LogP contribution in [0.25, 0.3) is 0 Å². The van der Waals surface area contributed by atoms with Crippen LogP contribution >= 0.6 is 24.0 Å². The summed E-state index contributed by atoms with van der Waals surface area (Å²) in [6.07, 6.45) is 2.66. The lowest BCUT2D eigenvalue weighted by Gasteiger charge is -2.26. The Labute approximate surface area is 221 Å². The predicted octanol–water partition coefficient (Wildman–Crippen LogP) is 3.10. The van der Waals surface area contributed by atoms with E-state index in [1.54, 1.807) is 12.1 Å². The molecular weight excluding hydrogens is 589 g/mol. The molecule has 0 radical (unpaired) electrons. The summed E-state index contributed by atoms with van der Waals surface area (Å²) in [7, 11) is -1.18. The number of esters is 2. The largest absolute Gasteiger partial charge is 0.465 e. The van der Waals surface area contributed by atoms with Crippen molar-refractivity contribution in [1.82, 2.24) is 4.31 Å². The number of ether oxygens (including phenoxy) is 2. The highest BCUT2D eigenvalue weighted by atomic mass is 127. The molecule has 0 atom stereocenters. The van der Waals surface area contributed by atoms with E-state index in [0.717, 1.165) is 19.3 Å². The smallest absolute Gasteiger partial charge is 0.339 e. The first-order valence-electron chi connectivity index (χ1n) is 10.7. The highest BCUT2D eigenvalue weighted by Gasteiger charge is 2.26. The van der Waals surface area contributed by atoms with Gasteiger partial charge in [-0.05, 0) is 49.2 Å². The second-order valence-corrected chi connectivity index (χ2v) is 9.58. The van der Waals surface area contributed by atoms with E-state index in [9.17, 15) is 22.8 Å². The first kappa shape index (κ1) is 28.5. The number of carbonyl (C=O) groups is 3. The topological polar surface area (TPSA) is 131 Å². The first-order valence-corrected chi connectivity index (χ1v) is 12.1. The van der Waals surface area contributed by atoms with Gasteiger partial charge in [-0.3, -0.25) is 4.79 Å². The van der Waals surface area contributed by atoms with Gasteiger partial charge in [0.15, 0.2) is 0 Å². The van der Waals surface area contributed by atoms with Crippen molar-refractivity contribution in [3.05, 3.63) is 53.6 Å². The van der Waals surface area contributed by atoms with Crippen molar-refractivity contribution in [2.24, 2.45) is 0 Å². The average molecular weight is 617 g/mol. The number of anilines is 2. The molecule has 0 unspecified atom stereocenters. The van der Waals surface area contributed by atoms with Crippen molar-refractivity contribution in [3.63, 3.8) is 0 Å². The normalized spacial score (nSPS) is 13.8. The van der Waals surface area contributed by atoms with E-state index in [4.69, 9.17) is 9.47 Å². The van der Waals surface area contributed by atoms with Gasteiger partial charge in [0, 0.05) is 24.5 Å². The molecule has 1 heterocycles. The van der Waals surface area contributed by atoms with E-state index in [2.05, 4.69) is 10.6 Å². The lowest BCUT2D eigenvalue weighted by Crippen LogP contribution is -2.35. The molecule has 1 amide bonds. The van der Waals surface area contributed by atoms with Crippen molar-refractivity contribution in [2.45, 2.75) is 24.2 Å². The van der Waals surface area contributed by atoms with Gasteiger partial charge in [-0.15, -0.1) is 24.0 Å². The van der Waals surface area contributed by atoms with Crippen molar-refractivity contribution in [3.8, 4) is 0 Å². The van der Waals surface area contributed by atoms with Crippen LogP contribution in [0.4, 0.5) is 11.4 Å². The molecule has 1 saturated heterocycles. The number of carbonyl (C=O) groups excluding carboxylic acids is 3. The molecule has 1 aliphatic heterocycles. The number of rotatable bonds is 8. The van der Waals surface area contributed by atoms with Crippen molar-refractivity contribution < 1.29 is 32.3 Å². The molecule has 0 aliphatic carbocycles. The molecule has 0 saturated carbocycles. The Morgan fingerprint density at radius 3 is 2.29 bits per heavy atom. The Balaban J connectivity index is 0.00000432. The molecule has 0 bridgehead atoms. The zero-order valence-electron chi connectivity index (χ0n) is 19.4. The second kappa shape index (κ2) is 12.8. The highest BCUT2D eigenvalue weighted by Crippen LogP contribution is 2.23. The van der Waals surface area contributed by atoms with Gasteiger partial charge in [-0.25, -0.2) is 18.0 Å². The number of amides is 1. The number of methoxy groups -OCH3 is 2. The summed E-state index contributed by atoms with van der Waals surface area (Å²) < 4.78 is 36.7. The Bertz CT molecular complexity index is 1180. The molecule has 0 aromatic heterocycles. The molecule has 2 aromatic rings. The van der Waals surface area contributed by atoms with E-state index in [-0.39, 0.29) is 52.2 Å². The standard InChI is InChI=1S/C23H27N3O7S.HI/c1-32-22(28)16-9-10-19(23(29)33-2)20(13-16)24-15-21(27)25-17-7-6-8-18(14-17)34(30,31)26-11-4-3-5-12-26;/h6-10,13-14,24H,3-5,11-12,15H2,1-2H3,(H,25,27);1H. The van der Waals surface area contributed by atoms with Crippen LogP contribution in [-0.4, -0.2) is 64.4 Å². The number of benzene rings is 2. The van der Waals surface area contributed by atoms with Gasteiger partial charge >= 0.3 is 11.9 Å². The van der Waals surface area contributed by atoms with Gasteiger partial charge in [-0.2, -0.15) is 4.31 Å². The van der Waals surface area contributed by atoms with Crippen LogP contribution in [-0.2, 0) is 24.3 Å². The minimum absolute atomic E-state index is 0. The van der Waals surface area contributed by atoms with E-state index in [0.29, 0.717) is 18.8 Å². The maximum Gasteiger partial charge on any atom is 0.339 e. The fourth-order valence-electron chi connectivity index (χ4n) is 3.59. The number of nitrogens with zero attached hydrogens (tertiary/aromatic N) is 1. The number of sulfonamides is 1. The Kier molecular flexibility index (Phi) is 10.5. The minimum Gasteiger partial charge on any atom is -0.465 e. The molecule has 2 aromatic carbocycles. The number of hydrogen-bond acceptors (Lipinski definition) is 8. The molecule has 1 fully saturated rings. The average Bonchev–Trinajstić information content (AvgIpc) is 2.87. The van der Waals surface area contributed by atoms with Gasteiger partial charge in [0.25, 0.3) is 0 Å². The minimum atomic E-state index is -3.64. The summed E-state index contributed by atoms with van der Waals surface area (Å²) in [6, 6.07) is 10.3. The van der Waals surface area contributed by atoms with E-state index >= 15 is 0 Å². The van der Waals surface area contributed by atoms with Crippen LogP contribution in [0.5, 0.6) is 0 Å². The van der Waals surface area contributed by atoms with Gasteiger partial charge < -0.3 is 20.1 Å². The van der Waals surface area contributed by atoms with E-state index in [1.165, 1.54) is 48.9 Å². The lowest BCUT2D eigenvalue weighted by atomic mass is 10.1. The Hall–Kier alpha value is -2.71. The third-order valence-corrected chi connectivity index (χ3v) is 7.25. The molecule has 35 heavy (non-hydrogen) atoms. The predicted molar refractivity (Wildman–Crippen MR) is 141 cm³/mol. The van der Waals surface area contributed by atoms with Crippen LogP contribution in [0.1, 0.15) is 40.0 Å². The molecular formula is C23H28IN3O7S. The quantitative estimate of drug-likeness (QED) is 0.342. The number of hydrogen-bond donors (Lipinski definition) is 2. The summed E-state index contributed by atoms with van der Waals surface area (Å²) in [5.41, 5.74) is 0.860. The molecule has 0 spiro atoms. The van der Waals surface area contributed by atoms with Gasteiger partial charge in [-0.1, -0.05) is 12.5 Å². The van der Waals surface area contributed by atoms with Crippen molar-refractivity contribution in [2.75, 3.05) is 44.5 Å². The fraction of sp³-hybridized carbons (Fsp3) is 0.348. The van der Waals surface area contributed by atoms with Crippen molar-refractivity contribution in [1.29, 1.82) is 0 Å². The summed E-state index contributed by atoms with van der Waals surface area (Å²) in [5, 5.41) is 5.46. The number of nitrogens with one attached hydrogen (secondary N) is 2. The lowest BCUT2D eigenvalue weighted by molar-refractivity contribution is -0.114. The maximum absolute atomic E-state index is 12.9. The van der Waals surface area contributed by atoms with Gasteiger partial charge in [0.05, 0.1) is 36.8 Å². The maximum atomic E-state index is 12.9. The van der Waals surface area contributed by atoms with Crippen LogP contribution < -0.4 is 10.6 Å². The molecule has 1 aliphatic rings. The number of piperidine rings is 1. The monoisotopic (exact) mass is 617 g/mol. The first-order chi connectivity index (χ1) is 16.3. The molecule has 2 N–H and O–H groups in total. The van der Waals surface area contributed by atoms with Crippen LogP contribution in [0.2, 0.25) is 0 Å². The second-order valence-electron chi connectivity index (χ2n) is 7.64. The zero-order chi connectivity index (χ0) is 24.7. The summed E-state index contributed by atoms with van der Waals surface area (Å²) in [4.78, 5) is 36.5. The molecule has 10 nitrogen and oxygen atoms in total. The fourth-order valence-corrected chi connectivity index (χ4v) is 5.16. The highest BCUT2D eigenvalue weighted by molar-refractivity contribution is 14.0. The molecule has 12 heteroatoms. The van der Waals surface area contributed by atoms with Crippen LogP contribution in [0.15, 0.2) is 47.4 Å². The Morgan fingerprint density at radius 1 is 0.943 bits per heavy atom. The van der Waals surface area contributed by atoms with Crippen LogP contribution in [0, 0.1) is 0 Å². The zero-order valence-corrected chi connectivity index (χ0v) is 22.6. The molecule has 3 rings (SSSR count). The van der Waals surface area contributed by atoms with E-state index in [1.807, 2.05) is 0 Å². The van der Waals surface area contributed by atoms with E-state index < -0.39 is 27.9 Å². The SMILES string of the molecule is COC(=O)c1ccc(C(=O)OC)c(NCC(=O)Nc2cccc(S(=O)(=O)N3CCCCC3)c2)c1.I. The Morgan fingerprint density at radius 2 is 1.63 bits per heavy atom. The van der Waals surface area contributed by atoms with Gasteiger partial charge in [0.1, 0.15) is 0 Å². The van der Waals surface area contributed by atoms with Crippen molar-refractivity contribution >= 4 is 63.2 Å². The molecule has 190 valence electrons. The summed E-state index contributed by atoms with van der Waals surface area (Å²) in [5.74, 6) is -1.72. The van der Waals surface area contributed by atoms with Gasteiger partial charge in [0.2, 0.25) is 15.9 Å². The third kappa shape index (κ3) is 7.15. The summed E-state index contributed by atoms with van der Waals surface area (Å²) in [6.45, 7) is 0.712. The summed E-state index contributed by atoms with van der Waals surface area (Å²) >= 11 is 0. The third-order valence-electron chi connectivity index (χ3n) is 5.36. The number of halogens is 1.